The molecule has 0 aliphatic carbocycles. The molecule has 4 aromatic rings. The molecule has 0 fully saturated rings. The molecule has 0 saturated heterocycles. The van der Waals surface area contributed by atoms with Gasteiger partial charge in [0.05, 0.1) is 12.7 Å². The van der Waals surface area contributed by atoms with Crippen LogP contribution in [0.4, 0.5) is 0 Å². The third kappa shape index (κ3) is 3.24. The van der Waals surface area contributed by atoms with E-state index in [-0.39, 0.29) is 16.9 Å². The summed E-state index contributed by atoms with van der Waals surface area (Å²) < 4.78 is 2.83. The molecule has 0 N–H and O–H groups in total. The molecule has 0 atom stereocenters. The van der Waals surface area contributed by atoms with Crippen molar-refractivity contribution in [3.63, 3.8) is 0 Å². The summed E-state index contributed by atoms with van der Waals surface area (Å²) in [4.78, 5) is 24.5. The number of rotatable bonds is 4. The highest BCUT2D eigenvalue weighted by Crippen LogP contribution is 2.15. The Morgan fingerprint density at radius 3 is 2.33 bits per heavy atom. The Balaban J connectivity index is 1.58. The van der Waals surface area contributed by atoms with Crippen molar-refractivity contribution in [3.05, 3.63) is 86.8 Å². The Kier molecular flexibility index (Phi) is 4.29. The molecule has 0 saturated carbocycles. The van der Waals surface area contributed by atoms with E-state index in [2.05, 4.69) is 15.4 Å². The Hall–Kier alpha value is -3.32. The van der Waals surface area contributed by atoms with Gasteiger partial charge in [0.2, 0.25) is 0 Å². The molecule has 2 aromatic carbocycles. The fraction of sp³-hybridized carbons (Fsp3) is 0.105. The molecule has 7 nitrogen and oxygen atoms in total. The lowest BCUT2D eigenvalue weighted by molar-refractivity contribution is 0.103. The molecule has 2 heterocycles. The highest BCUT2D eigenvalue weighted by molar-refractivity contribution is 6.30. The van der Waals surface area contributed by atoms with Crippen molar-refractivity contribution in [1.29, 1.82) is 0 Å². The maximum Gasteiger partial charge on any atom is 0.296 e. The molecule has 27 heavy (non-hydrogen) atoms. The highest BCUT2D eigenvalue weighted by atomic mass is 35.5. The molecule has 0 unspecified atom stereocenters. The van der Waals surface area contributed by atoms with E-state index in [0.717, 1.165) is 5.56 Å². The second kappa shape index (κ2) is 6.77. The average Bonchev–Trinajstić information content (AvgIpc) is 3.09. The third-order valence-electron chi connectivity index (χ3n) is 4.28. The van der Waals surface area contributed by atoms with Crippen LogP contribution in [0.3, 0.4) is 0 Å². The number of aryl methyl sites for hydroxylation is 1. The van der Waals surface area contributed by atoms with Gasteiger partial charge in [-0.25, -0.2) is 9.36 Å². The van der Waals surface area contributed by atoms with Gasteiger partial charge in [-0.1, -0.05) is 41.1 Å². The first-order valence-corrected chi connectivity index (χ1v) is 8.55. The van der Waals surface area contributed by atoms with Gasteiger partial charge in [0, 0.05) is 23.2 Å². The number of carbonyl (C=O) groups is 1. The lowest BCUT2D eigenvalue weighted by atomic mass is 10.0. The number of nitrogens with zero attached hydrogens (tertiary/aromatic N) is 5. The Bertz CT molecular complexity index is 1190. The Morgan fingerprint density at radius 2 is 1.67 bits per heavy atom. The molecular formula is C19H14ClN5O2. The normalized spacial score (nSPS) is 11.0. The maximum atomic E-state index is 12.5. The number of hydrogen-bond donors (Lipinski definition) is 0. The number of halogens is 1. The van der Waals surface area contributed by atoms with E-state index in [1.165, 1.54) is 4.68 Å². The van der Waals surface area contributed by atoms with Crippen molar-refractivity contribution < 1.29 is 4.79 Å². The van der Waals surface area contributed by atoms with Crippen LogP contribution in [0.15, 0.2) is 59.5 Å². The standard InChI is InChI=1S/C19H14ClN5O2/c1-24-19(27)17-16(10-21-24)25(23-22-17)11-12-2-4-13(5-3-12)18(26)14-6-8-15(20)9-7-14/h2-10H,11H2,1H3. The van der Waals surface area contributed by atoms with E-state index in [0.29, 0.717) is 28.2 Å². The summed E-state index contributed by atoms with van der Waals surface area (Å²) in [5, 5.41) is 12.6. The topological polar surface area (TPSA) is 82.7 Å². The summed E-state index contributed by atoms with van der Waals surface area (Å²) in [6.07, 6.45) is 1.56. The maximum absolute atomic E-state index is 12.5. The molecule has 4 rings (SSSR count). The largest absolute Gasteiger partial charge is 0.296 e. The van der Waals surface area contributed by atoms with Crippen LogP contribution in [0.1, 0.15) is 21.5 Å². The number of hydrogen-bond acceptors (Lipinski definition) is 5. The summed E-state index contributed by atoms with van der Waals surface area (Å²) >= 11 is 5.86. The zero-order valence-corrected chi connectivity index (χ0v) is 15.1. The lowest BCUT2D eigenvalue weighted by Crippen LogP contribution is -2.19. The quantitative estimate of drug-likeness (QED) is 0.509. The first-order valence-electron chi connectivity index (χ1n) is 8.17. The molecule has 0 spiro atoms. The predicted molar refractivity (Wildman–Crippen MR) is 101 cm³/mol. The van der Waals surface area contributed by atoms with Crippen molar-refractivity contribution in [1.82, 2.24) is 24.8 Å². The van der Waals surface area contributed by atoms with Gasteiger partial charge >= 0.3 is 0 Å². The van der Waals surface area contributed by atoms with Crippen molar-refractivity contribution >= 4 is 28.4 Å². The van der Waals surface area contributed by atoms with E-state index in [4.69, 9.17) is 11.6 Å². The van der Waals surface area contributed by atoms with Crippen LogP contribution >= 0.6 is 11.6 Å². The van der Waals surface area contributed by atoms with E-state index < -0.39 is 0 Å². The first kappa shape index (κ1) is 17.1. The van der Waals surface area contributed by atoms with Crippen LogP contribution in [0, 0.1) is 0 Å². The fourth-order valence-electron chi connectivity index (χ4n) is 2.77. The zero-order valence-electron chi connectivity index (χ0n) is 14.3. The molecule has 0 radical (unpaired) electrons. The van der Waals surface area contributed by atoms with Crippen molar-refractivity contribution in [2.75, 3.05) is 0 Å². The molecule has 134 valence electrons. The SMILES string of the molecule is Cn1ncc2c(nnn2Cc2ccc(C(=O)c3ccc(Cl)cc3)cc2)c1=O. The number of fused-ring (bicyclic) bond motifs is 1. The van der Waals surface area contributed by atoms with Gasteiger partial charge in [-0.05, 0) is 29.8 Å². The van der Waals surface area contributed by atoms with Crippen LogP contribution in [0.5, 0.6) is 0 Å². The summed E-state index contributed by atoms with van der Waals surface area (Å²) in [7, 11) is 1.57. The number of ketones is 1. The second-order valence-electron chi connectivity index (χ2n) is 6.09. The molecular weight excluding hydrogens is 366 g/mol. The number of benzene rings is 2. The van der Waals surface area contributed by atoms with Crippen LogP contribution in [-0.2, 0) is 13.6 Å². The van der Waals surface area contributed by atoms with Crippen molar-refractivity contribution in [2.24, 2.45) is 7.05 Å². The first-order chi connectivity index (χ1) is 13.0. The minimum Gasteiger partial charge on any atom is -0.289 e. The van der Waals surface area contributed by atoms with Gasteiger partial charge in [-0.2, -0.15) is 5.10 Å². The van der Waals surface area contributed by atoms with Gasteiger partial charge in [0.1, 0.15) is 5.52 Å². The summed E-state index contributed by atoms with van der Waals surface area (Å²) in [6, 6.07) is 14.0. The van der Waals surface area contributed by atoms with Crippen molar-refractivity contribution in [2.45, 2.75) is 6.54 Å². The zero-order chi connectivity index (χ0) is 19.0. The minimum atomic E-state index is -0.289. The molecule has 2 aromatic heterocycles. The van der Waals surface area contributed by atoms with Crippen LogP contribution < -0.4 is 5.56 Å². The molecule has 0 aliphatic rings. The van der Waals surface area contributed by atoms with E-state index in [1.54, 1.807) is 54.3 Å². The number of aromatic nitrogens is 5. The minimum absolute atomic E-state index is 0.0721. The molecule has 0 bridgehead atoms. The van der Waals surface area contributed by atoms with Crippen LogP contribution in [-0.4, -0.2) is 30.6 Å². The average molecular weight is 380 g/mol. The van der Waals surface area contributed by atoms with E-state index in [1.807, 2.05) is 12.1 Å². The number of carbonyl (C=O) groups excluding carboxylic acids is 1. The van der Waals surface area contributed by atoms with Crippen LogP contribution in [0.25, 0.3) is 11.0 Å². The summed E-state index contributed by atoms with van der Waals surface area (Å²) in [5.74, 6) is -0.0721. The monoisotopic (exact) mass is 379 g/mol. The molecule has 8 heteroatoms. The smallest absolute Gasteiger partial charge is 0.289 e. The Labute approximate surface area is 158 Å². The molecule has 0 amide bonds. The van der Waals surface area contributed by atoms with E-state index >= 15 is 0 Å². The Morgan fingerprint density at radius 1 is 1.04 bits per heavy atom. The third-order valence-corrected chi connectivity index (χ3v) is 4.53. The van der Waals surface area contributed by atoms with Gasteiger partial charge in [0.15, 0.2) is 11.3 Å². The molecule has 0 aliphatic heterocycles. The summed E-state index contributed by atoms with van der Waals surface area (Å²) in [5.41, 5.74) is 2.65. The fourth-order valence-corrected chi connectivity index (χ4v) is 2.89. The highest BCUT2D eigenvalue weighted by Gasteiger charge is 2.12. The summed E-state index contributed by atoms with van der Waals surface area (Å²) in [6.45, 7) is 0.417. The van der Waals surface area contributed by atoms with E-state index in [9.17, 15) is 9.59 Å². The van der Waals surface area contributed by atoms with Gasteiger partial charge in [-0.3, -0.25) is 9.59 Å². The van der Waals surface area contributed by atoms with Crippen molar-refractivity contribution in [3.8, 4) is 0 Å². The van der Waals surface area contributed by atoms with Crippen LogP contribution in [0.2, 0.25) is 5.02 Å². The van der Waals surface area contributed by atoms with Gasteiger partial charge in [0.25, 0.3) is 5.56 Å². The second-order valence-corrected chi connectivity index (χ2v) is 6.52. The lowest BCUT2D eigenvalue weighted by Gasteiger charge is -2.05. The predicted octanol–water partition coefficient (Wildman–Crippen LogP) is 2.46. The van der Waals surface area contributed by atoms with Gasteiger partial charge < -0.3 is 0 Å². The van der Waals surface area contributed by atoms with Gasteiger partial charge in [-0.15, -0.1) is 5.10 Å².